The molecule has 2 heteroatoms. The molecule has 1 heterocycles. The minimum atomic E-state index is 0.806. The van der Waals surface area contributed by atoms with E-state index in [0.717, 1.165) is 16.6 Å². The predicted molar refractivity (Wildman–Crippen MR) is 41.9 cm³/mol. The Bertz CT molecular complexity index is 382. The van der Waals surface area contributed by atoms with Crippen molar-refractivity contribution < 1.29 is 0 Å². The quantitative estimate of drug-likeness (QED) is 0.557. The molecule has 0 amide bonds. The second-order valence-electron chi connectivity index (χ2n) is 2.34. The molecule has 2 nitrogen and oxygen atoms in total. The summed E-state index contributed by atoms with van der Waals surface area (Å²) in [5, 5.41) is 8.75. The van der Waals surface area contributed by atoms with Gasteiger partial charge in [0.25, 0.3) is 0 Å². The molecule has 0 aliphatic carbocycles. The minimum absolute atomic E-state index is 0.806. The van der Waals surface area contributed by atoms with Gasteiger partial charge in [0.2, 0.25) is 0 Å². The summed E-state index contributed by atoms with van der Waals surface area (Å²) in [5.41, 5.74) is 1.65. The summed E-state index contributed by atoms with van der Waals surface area (Å²) in [6, 6.07) is 11.7. The highest BCUT2D eigenvalue weighted by Crippen LogP contribution is 2.07. The van der Waals surface area contributed by atoms with Crippen LogP contribution in [0.5, 0.6) is 0 Å². The molecule has 0 aliphatic rings. The van der Waals surface area contributed by atoms with Crippen molar-refractivity contribution in [2.45, 2.75) is 6.92 Å². The number of aryl methyl sites for hydroxylation is 1. The molecule has 0 bridgehead atoms. The Balaban J connectivity index is 2.83. The van der Waals surface area contributed by atoms with Crippen molar-refractivity contribution >= 4 is 10.9 Å². The molecule has 0 unspecified atom stereocenters. The van der Waals surface area contributed by atoms with E-state index in [9.17, 15) is 0 Å². The van der Waals surface area contributed by atoms with Crippen LogP contribution in [0.25, 0.3) is 10.9 Å². The fraction of sp³-hybridized carbons (Fsp3) is 0.111. The van der Waals surface area contributed by atoms with E-state index in [1.807, 2.05) is 25.1 Å². The Labute approximate surface area is 64.9 Å². The highest BCUT2D eigenvalue weighted by Gasteiger charge is 1.93. The zero-order chi connectivity index (χ0) is 7.68. The van der Waals surface area contributed by atoms with Crippen LogP contribution >= 0.6 is 0 Å². The third kappa shape index (κ3) is 1.07. The standard InChI is InChI=1S/C9H6N2/c1-7-6-8-4-2-3-5-9(8)11-10-7/h2-3,5H,1H3. The van der Waals surface area contributed by atoms with Crippen molar-refractivity contribution in [3.8, 4) is 0 Å². The number of fused-ring (bicyclic) bond motifs is 1. The van der Waals surface area contributed by atoms with Gasteiger partial charge in [-0.3, -0.25) is 0 Å². The van der Waals surface area contributed by atoms with Crippen LogP contribution in [0.2, 0.25) is 0 Å². The highest BCUT2D eigenvalue weighted by molar-refractivity contribution is 5.76. The second-order valence-corrected chi connectivity index (χ2v) is 2.34. The molecule has 2 radical (unpaired) electrons. The van der Waals surface area contributed by atoms with E-state index in [2.05, 4.69) is 22.3 Å². The van der Waals surface area contributed by atoms with Crippen LogP contribution < -0.4 is 0 Å². The van der Waals surface area contributed by atoms with Crippen LogP contribution in [0.3, 0.4) is 0 Å². The van der Waals surface area contributed by atoms with Gasteiger partial charge in [0.1, 0.15) is 0 Å². The molecule has 2 aromatic rings. The Morgan fingerprint density at radius 1 is 1.36 bits per heavy atom. The molecule has 0 atom stereocenters. The topological polar surface area (TPSA) is 25.8 Å². The average Bonchev–Trinajstić information content (AvgIpc) is 2.04. The first-order valence-corrected chi connectivity index (χ1v) is 3.39. The predicted octanol–water partition coefficient (Wildman–Crippen LogP) is 1.54. The van der Waals surface area contributed by atoms with E-state index in [1.54, 1.807) is 0 Å². The van der Waals surface area contributed by atoms with Crippen molar-refractivity contribution in [2.75, 3.05) is 0 Å². The lowest BCUT2D eigenvalue weighted by atomic mass is 10.2. The van der Waals surface area contributed by atoms with Crippen LogP contribution in [0.1, 0.15) is 5.69 Å². The summed E-state index contributed by atoms with van der Waals surface area (Å²) >= 11 is 0. The van der Waals surface area contributed by atoms with Crippen molar-refractivity contribution in [2.24, 2.45) is 0 Å². The van der Waals surface area contributed by atoms with Crippen molar-refractivity contribution in [3.05, 3.63) is 36.0 Å². The molecule has 1 aromatic heterocycles. The molecule has 2 rings (SSSR count). The number of rotatable bonds is 0. The van der Waals surface area contributed by atoms with Gasteiger partial charge >= 0.3 is 0 Å². The normalized spacial score (nSPS) is 10.3. The van der Waals surface area contributed by atoms with Gasteiger partial charge in [-0.1, -0.05) is 12.1 Å². The van der Waals surface area contributed by atoms with Crippen molar-refractivity contribution in [1.82, 2.24) is 10.2 Å². The van der Waals surface area contributed by atoms with Gasteiger partial charge in [-0.15, -0.1) is 0 Å². The maximum atomic E-state index is 3.97. The summed E-state index contributed by atoms with van der Waals surface area (Å²) in [6.07, 6.45) is 0. The largest absolute Gasteiger partial charge is 0.155 e. The van der Waals surface area contributed by atoms with Crippen molar-refractivity contribution in [3.63, 3.8) is 0 Å². The minimum Gasteiger partial charge on any atom is -0.155 e. The zero-order valence-corrected chi connectivity index (χ0v) is 6.13. The summed E-state index contributed by atoms with van der Waals surface area (Å²) in [5.74, 6) is 0. The molecule has 1 aromatic carbocycles. The van der Waals surface area contributed by atoms with E-state index in [-0.39, 0.29) is 0 Å². The summed E-state index contributed by atoms with van der Waals surface area (Å²) < 4.78 is 0. The smallest absolute Gasteiger partial charge is 0.0942 e. The lowest BCUT2D eigenvalue weighted by molar-refractivity contribution is 1.02. The number of hydrogen-bond acceptors (Lipinski definition) is 2. The van der Waals surface area contributed by atoms with Crippen LogP contribution in [0, 0.1) is 19.1 Å². The first-order valence-electron chi connectivity index (χ1n) is 3.39. The third-order valence-corrected chi connectivity index (χ3v) is 1.45. The molecule has 0 spiro atoms. The molecule has 0 fully saturated rings. The Morgan fingerprint density at radius 3 is 3.18 bits per heavy atom. The van der Waals surface area contributed by atoms with Gasteiger partial charge in [-0.05, 0) is 19.1 Å². The summed E-state index contributed by atoms with van der Waals surface area (Å²) in [7, 11) is 0. The number of benzene rings is 1. The highest BCUT2D eigenvalue weighted by atomic mass is 15.1. The van der Waals surface area contributed by atoms with Gasteiger partial charge in [0.15, 0.2) is 0 Å². The number of nitrogens with zero attached hydrogens (tertiary/aromatic N) is 2. The molecule has 52 valence electrons. The molecule has 0 saturated carbocycles. The van der Waals surface area contributed by atoms with Crippen LogP contribution in [-0.2, 0) is 0 Å². The molecular formula is C9H6N2. The summed E-state index contributed by atoms with van der Waals surface area (Å²) in [4.78, 5) is 0. The Morgan fingerprint density at radius 2 is 2.27 bits per heavy atom. The van der Waals surface area contributed by atoms with E-state index in [4.69, 9.17) is 0 Å². The van der Waals surface area contributed by atoms with E-state index < -0.39 is 0 Å². The molecule has 0 N–H and O–H groups in total. The maximum absolute atomic E-state index is 3.97. The Kier molecular flexibility index (Phi) is 1.32. The van der Waals surface area contributed by atoms with E-state index in [1.165, 1.54) is 0 Å². The van der Waals surface area contributed by atoms with Crippen LogP contribution in [-0.4, -0.2) is 10.2 Å². The first-order chi connectivity index (χ1) is 5.36. The SMILES string of the molecule is Cc1[c]c2[c]cccc2nn1. The Hall–Kier alpha value is -1.44. The van der Waals surface area contributed by atoms with Gasteiger partial charge in [-0.2, -0.15) is 10.2 Å². The van der Waals surface area contributed by atoms with Gasteiger partial charge in [0, 0.05) is 11.5 Å². The molecular weight excluding hydrogens is 136 g/mol. The molecule has 0 aliphatic heterocycles. The second kappa shape index (κ2) is 2.31. The number of aromatic nitrogens is 2. The van der Waals surface area contributed by atoms with E-state index in [0.29, 0.717) is 0 Å². The van der Waals surface area contributed by atoms with Gasteiger partial charge in [0.05, 0.1) is 11.2 Å². The van der Waals surface area contributed by atoms with E-state index >= 15 is 0 Å². The third-order valence-electron chi connectivity index (χ3n) is 1.45. The number of hydrogen-bond donors (Lipinski definition) is 0. The maximum Gasteiger partial charge on any atom is 0.0942 e. The molecule has 11 heavy (non-hydrogen) atoms. The van der Waals surface area contributed by atoms with Crippen molar-refractivity contribution in [1.29, 1.82) is 0 Å². The average molecular weight is 142 g/mol. The summed E-state index contributed by atoms with van der Waals surface area (Å²) in [6.45, 7) is 1.87. The van der Waals surface area contributed by atoms with Gasteiger partial charge in [-0.25, -0.2) is 0 Å². The van der Waals surface area contributed by atoms with Crippen LogP contribution in [0.15, 0.2) is 18.2 Å². The lowest BCUT2D eigenvalue weighted by Crippen LogP contribution is -1.86. The first kappa shape index (κ1) is 6.28. The fourth-order valence-electron chi connectivity index (χ4n) is 0.946. The lowest BCUT2D eigenvalue weighted by Gasteiger charge is -1.93. The molecule has 0 saturated heterocycles. The van der Waals surface area contributed by atoms with Crippen LogP contribution in [0.4, 0.5) is 0 Å². The fourth-order valence-corrected chi connectivity index (χ4v) is 0.946. The monoisotopic (exact) mass is 142 g/mol. The zero-order valence-electron chi connectivity index (χ0n) is 6.13. The van der Waals surface area contributed by atoms with Gasteiger partial charge < -0.3 is 0 Å².